The SMILES string of the molecule is NC(=S)C(CN1C(=O)CNC1=O)C(F)(F)F. The number of alkyl halides is 3. The first-order chi connectivity index (χ1) is 7.23. The number of imide groups is 1. The number of urea groups is 1. The van der Waals surface area contributed by atoms with Crippen LogP contribution in [-0.4, -0.2) is 41.1 Å². The van der Waals surface area contributed by atoms with Crippen molar-refractivity contribution in [1.82, 2.24) is 10.2 Å². The topological polar surface area (TPSA) is 75.4 Å². The fraction of sp³-hybridized carbons (Fsp3) is 0.571. The first kappa shape index (κ1) is 12.7. The summed E-state index contributed by atoms with van der Waals surface area (Å²) in [4.78, 5) is 21.7. The third-order valence-corrected chi connectivity index (χ3v) is 2.33. The highest BCUT2D eigenvalue weighted by molar-refractivity contribution is 7.80. The molecule has 1 fully saturated rings. The molecule has 90 valence electrons. The van der Waals surface area contributed by atoms with Crippen molar-refractivity contribution in [3.8, 4) is 0 Å². The predicted octanol–water partition coefficient (Wildman–Crippen LogP) is 0.00280. The molecule has 0 aromatic carbocycles. The Morgan fingerprint density at radius 1 is 1.56 bits per heavy atom. The Labute approximate surface area is 93.8 Å². The third-order valence-electron chi connectivity index (χ3n) is 2.04. The van der Waals surface area contributed by atoms with Gasteiger partial charge < -0.3 is 11.1 Å². The van der Waals surface area contributed by atoms with Gasteiger partial charge in [0.05, 0.1) is 11.5 Å². The summed E-state index contributed by atoms with van der Waals surface area (Å²) < 4.78 is 37.3. The Kier molecular flexibility index (Phi) is 3.36. The van der Waals surface area contributed by atoms with E-state index in [-0.39, 0.29) is 6.54 Å². The second-order valence-electron chi connectivity index (χ2n) is 3.16. The van der Waals surface area contributed by atoms with Gasteiger partial charge in [0.2, 0.25) is 5.91 Å². The minimum Gasteiger partial charge on any atom is -0.393 e. The molecule has 3 N–H and O–H groups in total. The van der Waals surface area contributed by atoms with E-state index in [0.717, 1.165) is 0 Å². The number of halogens is 3. The van der Waals surface area contributed by atoms with E-state index < -0.39 is 35.6 Å². The van der Waals surface area contributed by atoms with Crippen LogP contribution >= 0.6 is 12.2 Å². The molecule has 1 aliphatic rings. The van der Waals surface area contributed by atoms with E-state index in [1.165, 1.54) is 0 Å². The van der Waals surface area contributed by atoms with Crippen molar-refractivity contribution in [3.05, 3.63) is 0 Å². The van der Waals surface area contributed by atoms with Gasteiger partial charge in [-0.2, -0.15) is 13.2 Å². The monoisotopic (exact) mass is 255 g/mol. The Bertz CT molecular complexity index is 328. The average Bonchev–Trinajstić information content (AvgIpc) is 2.40. The lowest BCUT2D eigenvalue weighted by Gasteiger charge is -2.22. The molecule has 0 saturated carbocycles. The minimum atomic E-state index is -4.67. The lowest BCUT2D eigenvalue weighted by Crippen LogP contribution is -2.45. The fourth-order valence-corrected chi connectivity index (χ4v) is 1.39. The van der Waals surface area contributed by atoms with Crippen LogP contribution in [0.25, 0.3) is 0 Å². The number of hydrogen-bond donors (Lipinski definition) is 2. The van der Waals surface area contributed by atoms with Gasteiger partial charge in [-0.15, -0.1) is 0 Å². The van der Waals surface area contributed by atoms with Crippen LogP contribution in [0.2, 0.25) is 0 Å². The summed E-state index contributed by atoms with van der Waals surface area (Å²) in [5.41, 5.74) is 4.93. The highest BCUT2D eigenvalue weighted by Crippen LogP contribution is 2.27. The third kappa shape index (κ3) is 2.60. The molecule has 1 atom stereocenters. The van der Waals surface area contributed by atoms with Crippen molar-refractivity contribution in [3.63, 3.8) is 0 Å². The molecule has 16 heavy (non-hydrogen) atoms. The van der Waals surface area contributed by atoms with E-state index in [1.807, 2.05) is 0 Å². The molecule has 1 aliphatic heterocycles. The molecular weight excluding hydrogens is 247 g/mol. The van der Waals surface area contributed by atoms with Gasteiger partial charge in [0.25, 0.3) is 0 Å². The Hall–Kier alpha value is -1.38. The van der Waals surface area contributed by atoms with E-state index in [1.54, 1.807) is 0 Å². The molecule has 1 rings (SSSR count). The molecule has 1 saturated heterocycles. The average molecular weight is 255 g/mol. The summed E-state index contributed by atoms with van der Waals surface area (Å²) in [7, 11) is 0. The number of nitrogens with zero attached hydrogens (tertiary/aromatic N) is 1. The van der Waals surface area contributed by atoms with Crippen LogP contribution in [0.5, 0.6) is 0 Å². The highest BCUT2D eigenvalue weighted by atomic mass is 32.1. The van der Waals surface area contributed by atoms with Crippen LogP contribution < -0.4 is 11.1 Å². The van der Waals surface area contributed by atoms with Gasteiger partial charge in [-0.25, -0.2) is 4.79 Å². The van der Waals surface area contributed by atoms with Gasteiger partial charge in [0.1, 0.15) is 5.92 Å². The zero-order valence-corrected chi connectivity index (χ0v) is 8.69. The van der Waals surface area contributed by atoms with E-state index in [0.29, 0.717) is 4.90 Å². The molecule has 0 aromatic heterocycles. The molecule has 0 aromatic rings. The van der Waals surface area contributed by atoms with Crippen LogP contribution in [-0.2, 0) is 4.79 Å². The number of carbonyl (C=O) groups excluding carboxylic acids is 2. The summed E-state index contributed by atoms with van der Waals surface area (Å²) in [6.45, 7) is -1.18. The van der Waals surface area contributed by atoms with Gasteiger partial charge in [-0.05, 0) is 0 Å². The highest BCUT2D eigenvalue weighted by Gasteiger charge is 2.45. The van der Waals surface area contributed by atoms with Crippen LogP contribution in [0.4, 0.5) is 18.0 Å². The van der Waals surface area contributed by atoms with E-state index >= 15 is 0 Å². The quantitative estimate of drug-likeness (QED) is 0.550. The van der Waals surface area contributed by atoms with Gasteiger partial charge in [0.15, 0.2) is 0 Å². The van der Waals surface area contributed by atoms with E-state index in [9.17, 15) is 22.8 Å². The molecule has 0 radical (unpaired) electrons. The number of amides is 3. The van der Waals surface area contributed by atoms with Crippen molar-refractivity contribution >= 4 is 29.1 Å². The summed E-state index contributed by atoms with van der Waals surface area (Å²) in [5, 5.41) is 2.10. The zero-order chi connectivity index (χ0) is 12.5. The van der Waals surface area contributed by atoms with Crippen molar-refractivity contribution < 1.29 is 22.8 Å². The van der Waals surface area contributed by atoms with E-state index in [4.69, 9.17) is 5.73 Å². The number of carbonyl (C=O) groups is 2. The number of nitrogens with one attached hydrogen (secondary N) is 1. The maximum Gasteiger partial charge on any atom is 0.399 e. The molecule has 9 heteroatoms. The first-order valence-corrected chi connectivity index (χ1v) is 4.58. The van der Waals surface area contributed by atoms with Gasteiger partial charge in [-0.3, -0.25) is 9.69 Å². The molecule has 0 spiro atoms. The van der Waals surface area contributed by atoms with Crippen molar-refractivity contribution in [2.45, 2.75) is 6.18 Å². The molecule has 3 amide bonds. The summed E-state index contributed by atoms with van der Waals surface area (Å²) >= 11 is 4.27. The Balaban J connectivity index is 2.80. The Morgan fingerprint density at radius 2 is 2.12 bits per heavy atom. The standard InChI is InChI=1S/C7H8F3N3O2S/c8-7(9,10)3(5(11)16)2-13-4(14)1-12-6(13)15/h3H,1-2H2,(H2,11,16)(H,12,15). The summed E-state index contributed by atoms with van der Waals surface area (Å²) in [6, 6.07) is -0.865. The smallest absolute Gasteiger partial charge is 0.393 e. The van der Waals surface area contributed by atoms with Crippen LogP contribution in [0, 0.1) is 5.92 Å². The molecule has 1 unspecified atom stereocenters. The molecule has 1 heterocycles. The summed E-state index contributed by atoms with van der Waals surface area (Å²) in [5.74, 6) is -2.90. The Morgan fingerprint density at radius 3 is 2.44 bits per heavy atom. The van der Waals surface area contributed by atoms with Gasteiger partial charge in [0, 0.05) is 6.54 Å². The van der Waals surface area contributed by atoms with Crippen LogP contribution in [0.1, 0.15) is 0 Å². The largest absolute Gasteiger partial charge is 0.399 e. The van der Waals surface area contributed by atoms with Crippen molar-refractivity contribution in [1.29, 1.82) is 0 Å². The fourth-order valence-electron chi connectivity index (χ4n) is 1.18. The van der Waals surface area contributed by atoms with Crippen molar-refractivity contribution in [2.75, 3.05) is 13.1 Å². The number of nitrogens with two attached hydrogens (primary N) is 1. The maximum atomic E-state index is 12.4. The lowest BCUT2D eigenvalue weighted by molar-refractivity contribution is -0.158. The molecule has 0 aliphatic carbocycles. The molecule has 0 bridgehead atoms. The summed E-state index contributed by atoms with van der Waals surface area (Å²) in [6.07, 6.45) is -4.67. The second kappa shape index (κ2) is 4.24. The van der Waals surface area contributed by atoms with Crippen LogP contribution in [0.15, 0.2) is 0 Å². The lowest BCUT2D eigenvalue weighted by atomic mass is 10.1. The van der Waals surface area contributed by atoms with Crippen LogP contribution in [0.3, 0.4) is 0 Å². The normalized spacial score (nSPS) is 18.6. The zero-order valence-electron chi connectivity index (χ0n) is 7.87. The predicted molar refractivity (Wildman–Crippen MR) is 51.4 cm³/mol. The van der Waals surface area contributed by atoms with Crippen molar-refractivity contribution in [2.24, 2.45) is 11.7 Å². The number of thiocarbonyl (C=S) groups is 1. The molecular formula is C7H8F3N3O2S. The minimum absolute atomic E-state index is 0.305. The number of rotatable bonds is 3. The van der Waals surface area contributed by atoms with Gasteiger partial charge in [-0.1, -0.05) is 12.2 Å². The second-order valence-corrected chi connectivity index (χ2v) is 3.63. The van der Waals surface area contributed by atoms with Gasteiger partial charge >= 0.3 is 12.2 Å². The maximum absolute atomic E-state index is 12.4. The van der Waals surface area contributed by atoms with E-state index in [2.05, 4.69) is 17.5 Å². The molecule has 5 nitrogen and oxygen atoms in total. The number of hydrogen-bond acceptors (Lipinski definition) is 3. The first-order valence-electron chi connectivity index (χ1n) is 4.17.